The van der Waals surface area contributed by atoms with E-state index in [-0.39, 0.29) is 11.8 Å². The number of amides is 1. The second kappa shape index (κ2) is 7.96. The van der Waals surface area contributed by atoms with Crippen molar-refractivity contribution in [2.75, 3.05) is 18.4 Å². The van der Waals surface area contributed by atoms with E-state index in [1.807, 2.05) is 12.3 Å². The molecule has 1 fully saturated rings. The summed E-state index contributed by atoms with van der Waals surface area (Å²) in [5.41, 5.74) is 3.37. The van der Waals surface area contributed by atoms with Crippen LogP contribution in [0.5, 0.6) is 0 Å². The van der Waals surface area contributed by atoms with Gasteiger partial charge in [-0.3, -0.25) is 9.78 Å². The van der Waals surface area contributed by atoms with Gasteiger partial charge in [0.25, 0.3) is 0 Å². The molecule has 0 bridgehead atoms. The highest BCUT2D eigenvalue weighted by molar-refractivity contribution is 7.97. The van der Waals surface area contributed by atoms with Crippen LogP contribution in [0.1, 0.15) is 24.0 Å². The summed E-state index contributed by atoms with van der Waals surface area (Å²) < 4.78 is 3.44. The van der Waals surface area contributed by atoms with Crippen LogP contribution in [0, 0.1) is 19.8 Å². The van der Waals surface area contributed by atoms with Crippen molar-refractivity contribution in [2.45, 2.75) is 31.6 Å². The van der Waals surface area contributed by atoms with Crippen LogP contribution >= 0.6 is 23.3 Å². The standard InChI is InChI=1S/C20H22N4OS2/c1-13-10-14(2)18-17(11-13)26-20(22-18)23-19(25)15-5-8-24(9-6-15)27-16-4-3-7-21-12-16/h3-4,7,10-12,15H,5-6,8-9H2,1-2H3,(H,22,23,25). The van der Waals surface area contributed by atoms with E-state index < -0.39 is 0 Å². The van der Waals surface area contributed by atoms with E-state index in [1.165, 1.54) is 5.56 Å². The number of aryl methyl sites for hydroxylation is 2. The summed E-state index contributed by atoms with van der Waals surface area (Å²) in [6, 6.07) is 8.27. The normalized spacial score (nSPS) is 15.9. The Labute approximate surface area is 167 Å². The molecular formula is C20H22N4OS2. The Morgan fingerprint density at radius 1 is 1.30 bits per heavy atom. The summed E-state index contributed by atoms with van der Waals surface area (Å²) in [4.78, 5) is 22.6. The Hall–Kier alpha value is -1.96. The summed E-state index contributed by atoms with van der Waals surface area (Å²) in [5.74, 6) is 0.139. The number of piperidine rings is 1. The maximum atomic E-state index is 12.7. The highest BCUT2D eigenvalue weighted by Crippen LogP contribution is 2.31. The van der Waals surface area contributed by atoms with Crippen molar-refractivity contribution in [3.05, 3.63) is 47.8 Å². The van der Waals surface area contributed by atoms with Gasteiger partial charge in [-0.15, -0.1) is 0 Å². The molecule has 3 heterocycles. The first kappa shape index (κ1) is 18.4. The quantitative estimate of drug-likeness (QED) is 0.648. The second-order valence-corrected chi connectivity index (χ2v) is 9.12. The average molecular weight is 399 g/mol. The van der Waals surface area contributed by atoms with Crippen LogP contribution in [0.2, 0.25) is 0 Å². The first-order valence-electron chi connectivity index (χ1n) is 9.10. The zero-order valence-electron chi connectivity index (χ0n) is 15.4. The van der Waals surface area contributed by atoms with E-state index in [0.29, 0.717) is 5.13 Å². The number of carbonyl (C=O) groups excluding carboxylic acids is 1. The number of anilines is 1. The number of carbonyl (C=O) groups is 1. The van der Waals surface area contributed by atoms with Gasteiger partial charge in [-0.1, -0.05) is 17.4 Å². The maximum absolute atomic E-state index is 12.7. The van der Waals surface area contributed by atoms with E-state index in [0.717, 1.165) is 46.6 Å². The molecule has 0 unspecified atom stereocenters. The van der Waals surface area contributed by atoms with Gasteiger partial charge >= 0.3 is 0 Å². The lowest BCUT2D eigenvalue weighted by Gasteiger charge is -2.29. The third-order valence-electron chi connectivity index (χ3n) is 4.75. The Morgan fingerprint density at radius 2 is 2.11 bits per heavy atom. The van der Waals surface area contributed by atoms with Crippen LogP contribution in [-0.4, -0.2) is 33.3 Å². The van der Waals surface area contributed by atoms with Crippen molar-refractivity contribution in [3.8, 4) is 0 Å². The summed E-state index contributed by atoms with van der Waals surface area (Å²) in [7, 11) is 0. The molecule has 0 saturated carbocycles. The molecule has 3 aromatic rings. The van der Waals surface area contributed by atoms with Crippen molar-refractivity contribution in [2.24, 2.45) is 5.92 Å². The Balaban J connectivity index is 1.35. The molecule has 0 radical (unpaired) electrons. The van der Waals surface area contributed by atoms with E-state index in [4.69, 9.17) is 0 Å². The molecule has 1 aliphatic heterocycles. The summed E-state index contributed by atoms with van der Waals surface area (Å²) in [6.45, 7) is 5.95. The van der Waals surface area contributed by atoms with Crippen LogP contribution in [-0.2, 0) is 4.79 Å². The number of fused-ring (bicyclic) bond motifs is 1. The topological polar surface area (TPSA) is 58.1 Å². The Bertz CT molecular complexity index is 949. The minimum atomic E-state index is 0.0468. The summed E-state index contributed by atoms with van der Waals surface area (Å²) >= 11 is 3.27. The molecule has 0 aliphatic carbocycles. The SMILES string of the molecule is Cc1cc(C)c2nc(NC(=O)C3CCN(Sc4cccnc4)CC3)sc2c1. The van der Waals surface area contributed by atoms with Gasteiger partial charge in [0.1, 0.15) is 0 Å². The fourth-order valence-corrected chi connectivity index (χ4v) is 5.37. The van der Waals surface area contributed by atoms with Crippen molar-refractivity contribution >= 4 is 44.5 Å². The van der Waals surface area contributed by atoms with Gasteiger partial charge in [0.05, 0.1) is 10.2 Å². The maximum Gasteiger partial charge on any atom is 0.229 e. The molecule has 4 rings (SSSR count). The zero-order chi connectivity index (χ0) is 18.8. The molecule has 27 heavy (non-hydrogen) atoms. The van der Waals surface area contributed by atoms with Gasteiger partial charge in [0.15, 0.2) is 5.13 Å². The smallest absolute Gasteiger partial charge is 0.229 e. The van der Waals surface area contributed by atoms with Gasteiger partial charge in [0.2, 0.25) is 5.91 Å². The minimum absolute atomic E-state index is 0.0468. The van der Waals surface area contributed by atoms with Crippen molar-refractivity contribution in [1.29, 1.82) is 0 Å². The molecule has 5 nitrogen and oxygen atoms in total. The molecule has 1 aromatic carbocycles. The number of pyridine rings is 1. The molecule has 0 atom stereocenters. The zero-order valence-corrected chi connectivity index (χ0v) is 17.1. The first-order valence-corrected chi connectivity index (χ1v) is 10.7. The number of benzene rings is 1. The number of nitrogens with one attached hydrogen (secondary N) is 1. The van der Waals surface area contributed by atoms with E-state index >= 15 is 0 Å². The predicted molar refractivity (Wildman–Crippen MR) is 112 cm³/mol. The summed E-state index contributed by atoms with van der Waals surface area (Å²) in [6.07, 6.45) is 5.38. The molecule has 1 aliphatic rings. The third kappa shape index (κ3) is 4.31. The minimum Gasteiger partial charge on any atom is -0.302 e. The van der Waals surface area contributed by atoms with Crippen LogP contribution in [0.15, 0.2) is 41.6 Å². The number of hydrogen-bond donors (Lipinski definition) is 1. The highest BCUT2D eigenvalue weighted by atomic mass is 32.2. The van der Waals surface area contributed by atoms with Crippen molar-refractivity contribution < 1.29 is 4.79 Å². The van der Waals surface area contributed by atoms with Gasteiger partial charge in [-0.05, 0) is 68.0 Å². The number of aromatic nitrogens is 2. The van der Waals surface area contributed by atoms with Crippen LogP contribution in [0.25, 0.3) is 10.2 Å². The van der Waals surface area contributed by atoms with Crippen LogP contribution < -0.4 is 5.32 Å². The number of rotatable bonds is 4. The molecule has 7 heteroatoms. The fourth-order valence-electron chi connectivity index (χ4n) is 3.39. The largest absolute Gasteiger partial charge is 0.302 e. The van der Waals surface area contributed by atoms with E-state index in [1.54, 1.807) is 29.5 Å². The molecule has 140 valence electrons. The fraction of sp³-hybridized carbons (Fsp3) is 0.350. The van der Waals surface area contributed by atoms with E-state index in [9.17, 15) is 4.79 Å². The molecule has 1 saturated heterocycles. The van der Waals surface area contributed by atoms with Gasteiger partial charge in [0, 0.05) is 36.3 Å². The lowest BCUT2D eigenvalue weighted by atomic mass is 9.97. The molecule has 1 amide bonds. The van der Waals surface area contributed by atoms with E-state index in [2.05, 4.69) is 51.6 Å². The Kier molecular flexibility index (Phi) is 5.43. The average Bonchev–Trinajstić information content (AvgIpc) is 3.06. The second-order valence-electron chi connectivity index (χ2n) is 6.92. The van der Waals surface area contributed by atoms with Gasteiger partial charge in [-0.25, -0.2) is 9.29 Å². The lowest BCUT2D eigenvalue weighted by molar-refractivity contribution is -0.120. The molecule has 1 N–H and O–H groups in total. The van der Waals surface area contributed by atoms with Crippen molar-refractivity contribution in [3.63, 3.8) is 0 Å². The molecule has 0 spiro atoms. The number of hydrogen-bond acceptors (Lipinski definition) is 6. The third-order valence-corrected chi connectivity index (χ3v) is 6.75. The molecular weight excluding hydrogens is 376 g/mol. The first-order chi connectivity index (χ1) is 13.1. The Morgan fingerprint density at radius 3 is 2.85 bits per heavy atom. The van der Waals surface area contributed by atoms with Crippen molar-refractivity contribution in [1.82, 2.24) is 14.3 Å². The van der Waals surface area contributed by atoms with Gasteiger partial charge in [-0.2, -0.15) is 0 Å². The monoisotopic (exact) mass is 398 g/mol. The van der Waals surface area contributed by atoms with Crippen LogP contribution in [0.4, 0.5) is 5.13 Å². The van der Waals surface area contributed by atoms with Gasteiger partial charge < -0.3 is 5.32 Å². The van der Waals surface area contributed by atoms with Crippen LogP contribution in [0.3, 0.4) is 0 Å². The number of nitrogens with zero attached hydrogens (tertiary/aromatic N) is 3. The lowest BCUT2D eigenvalue weighted by Crippen LogP contribution is -2.34. The number of thiazole rings is 1. The predicted octanol–water partition coefficient (Wildman–Crippen LogP) is 4.67. The summed E-state index contributed by atoms with van der Waals surface area (Å²) in [5, 5.41) is 3.75. The molecule has 2 aromatic heterocycles. The highest BCUT2D eigenvalue weighted by Gasteiger charge is 2.26.